The van der Waals surface area contributed by atoms with Crippen molar-refractivity contribution in [2.24, 2.45) is 0 Å². The van der Waals surface area contributed by atoms with E-state index in [9.17, 15) is 8.78 Å². The third kappa shape index (κ3) is 2.42. The number of rotatable bonds is 1. The van der Waals surface area contributed by atoms with Crippen LogP contribution < -0.4 is 5.32 Å². The van der Waals surface area contributed by atoms with Crippen molar-refractivity contribution in [3.05, 3.63) is 41.5 Å². The van der Waals surface area contributed by atoms with Crippen LogP contribution in [-0.2, 0) is 0 Å². The molecular formula is C12H13F2N. The van der Waals surface area contributed by atoms with Gasteiger partial charge in [-0.1, -0.05) is 6.08 Å². The maximum Gasteiger partial charge on any atom is 0.133 e. The molecule has 0 fully saturated rings. The quantitative estimate of drug-likeness (QED) is 0.749. The summed E-state index contributed by atoms with van der Waals surface area (Å²) in [6.07, 6.45) is 3.71. The lowest BCUT2D eigenvalue weighted by molar-refractivity contribution is 0.580. The molecule has 0 unspecified atom stereocenters. The fourth-order valence-corrected chi connectivity index (χ4v) is 1.79. The molecule has 1 aliphatic heterocycles. The Hall–Kier alpha value is -1.22. The SMILES string of the molecule is Fc1ccc(C2=CCCNCC2)c(F)c1. The molecule has 0 saturated heterocycles. The number of nitrogens with one attached hydrogen (secondary N) is 1. The smallest absolute Gasteiger partial charge is 0.133 e. The summed E-state index contributed by atoms with van der Waals surface area (Å²) in [4.78, 5) is 0. The maximum absolute atomic E-state index is 13.5. The van der Waals surface area contributed by atoms with Crippen molar-refractivity contribution in [1.29, 1.82) is 0 Å². The van der Waals surface area contributed by atoms with E-state index >= 15 is 0 Å². The number of hydrogen-bond donors (Lipinski definition) is 1. The van der Waals surface area contributed by atoms with Crippen LogP contribution in [0.2, 0.25) is 0 Å². The topological polar surface area (TPSA) is 12.0 Å². The van der Waals surface area contributed by atoms with Gasteiger partial charge < -0.3 is 5.32 Å². The molecule has 1 nitrogen and oxygen atoms in total. The summed E-state index contributed by atoms with van der Waals surface area (Å²) in [7, 11) is 0. The fourth-order valence-electron chi connectivity index (χ4n) is 1.79. The van der Waals surface area contributed by atoms with Crippen LogP contribution in [0.3, 0.4) is 0 Å². The predicted molar refractivity (Wildman–Crippen MR) is 56.4 cm³/mol. The van der Waals surface area contributed by atoms with Crippen LogP contribution in [-0.4, -0.2) is 13.1 Å². The highest BCUT2D eigenvalue weighted by molar-refractivity contribution is 5.66. The Bertz CT molecular complexity index is 385. The van der Waals surface area contributed by atoms with Gasteiger partial charge in [0.05, 0.1) is 0 Å². The zero-order valence-corrected chi connectivity index (χ0v) is 8.39. The van der Waals surface area contributed by atoms with Gasteiger partial charge in [0.2, 0.25) is 0 Å². The van der Waals surface area contributed by atoms with Crippen LogP contribution in [0.4, 0.5) is 8.78 Å². The molecule has 1 aliphatic rings. The number of halogens is 2. The maximum atomic E-state index is 13.5. The van der Waals surface area contributed by atoms with Crippen molar-refractivity contribution < 1.29 is 8.78 Å². The highest BCUT2D eigenvalue weighted by Crippen LogP contribution is 2.23. The molecule has 1 aromatic rings. The van der Waals surface area contributed by atoms with E-state index in [0.29, 0.717) is 5.56 Å². The molecule has 0 aromatic heterocycles. The van der Waals surface area contributed by atoms with Crippen LogP contribution in [0, 0.1) is 11.6 Å². The average molecular weight is 209 g/mol. The highest BCUT2D eigenvalue weighted by atomic mass is 19.1. The standard InChI is InChI=1S/C12H13F2N/c13-10-3-4-11(12(14)8-10)9-2-1-6-15-7-5-9/h2-4,8,15H,1,5-7H2. The summed E-state index contributed by atoms with van der Waals surface area (Å²) < 4.78 is 26.2. The molecule has 0 aliphatic carbocycles. The minimum Gasteiger partial charge on any atom is -0.316 e. The van der Waals surface area contributed by atoms with E-state index in [0.717, 1.165) is 37.6 Å². The summed E-state index contributed by atoms with van der Waals surface area (Å²) >= 11 is 0. The molecule has 1 N–H and O–H groups in total. The molecule has 2 rings (SSSR count). The molecule has 1 aromatic carbocycles. The lowest BCUT2D eigenvalue weighted by Gasteiger charge is -2.06. The Kier molecular flexibility index (Phi) is 3.11. The molecule has 0 amide bonds. The van der Waals surface area contributed by atoms with Gasteiger partial charge in [-0.2, -0.15) is 0 Å². The van der Waals surface area contributed by atoms with E-state index in [2.05, 4.69) is 5.32 Å². The van der Waals surface area contributed by atoms with Crippen molar-refractivity contribution in [2.75, 3.05) is 13.1 Å². The first-order chi connectivity index (χ1) is 7.27. The van der Waals surface area contributed by atoms with Crippen molar-refractivity contribution in [3.63, 3.8) is 0 Å². The van der Waals surface area contributed by atoms with E-state index in [4.69, 9.17) is 0 Å². The molecule has 3 heteroatoms. The van der Waals surface area contributed by atoms with E-state index in [1.165, 1.54) is 12.1 Å². The molecule has 0 bridgehead atoms. The van der Waals surface area contributed by atoms with Crippen molar-refractivity contribution in [2.45, 2.75) is 12.8 Å². The summed E-state index contributed by atoms with van der Waals surface area (Å²) in [6, 6.07) is 3.76. The molecule has 15 heavy (non-hydrogen) atoms. The van der Waals surface area contributed by atoms with Crippen LogP contribution >= 0.6 is 0 Å². The second-order valence-corrected chi connectivity index (χ2v) is 3.64. The van der Waals surface area contributed by atoms with Gasteiger partial charge in [-0.3, -0.25) is 0 Å². The Morgan fingerprint density at radius 3 is 2.80 bits per heavy atom. The summed E-state index contributed by atoms with van der Waals surface area (Å²) in [5, 5.41) is 3.23. The van der Waals surface area contributed by atoms with Gasteiger partial charge in [-0.05, 0) is 43.6 Å². The van der Waals surface area contributed by atoms with E-state index in [1.807, 2.05) is 6.08 Å². The minimum atomic E-state index is -0.524. The number of hydrogen-bond acceptors (Lipinski definition) is 1. The van der Waals surface area contributed by atoms with Crippen molar-refractivity contribution in [3.8, 4) is 0 Å². The Morgan fingerprint density at radius 1 is 1.13 bits per heavy atom. The first-order valence-corrected chi connectivity index (χ1v) is 5.12. The average Bonchev–Trinajstić information content (AvgIpc) is 2.46. The Morgan fingerprint density at radius 2 is 2.00 bits per heavy atom. The summed E-state index contributed by atoms with van der Waals surface area (Å²) in [5.41, 5.74) is 1.50. The highest BCUT2D eigenvalue weighted by Gasteiger charge is 2.10. The van der Waals surface area contributed by atoms with Crippen LogP contribution in [0.1, 0.15) is 18.4 Å². The monoisotopic (exact) mass is 209 g/mol. The van der Waals surface area contributed by atoms with Gasteiger partial charge in [0, 0.05) is 11.6 Å². The largest absolute Gasteiger partial charge is 0.316 e. The minimum absolute atomic E-state index is 0.469. The molecule has 0 saturated carbocycles. The van der Waals surface area contributed by atoms with Crippen LogP contribution in [0.25, 0.3) is 5.57 Å². The molecular weight excluding hydrogens is 196 g/mol. The van der Waals surface area contributed by atoms with E-state index in [1.54, 1.807) is 0 Å². The van der Waals surface area contributed by atoms with Crippen molar-refractivity contribution >= 4 is 5.57 Å². The van der Waals surface area contributed by atoms with E-state index in [-0.39, 0.29) is 0 Å². The van der Waals surface area contributed by atoms with Gasteiger partial charge in [0.1, 0.15) is 11.6 Å². The van der Waals surface area contributed by atoms with Crippen LogP contribution in [0.15, 0.2) is 24.3 Å². The van der Waals surface area contributed by atoms with E-state index < -0.39 is 11.6 Å². The Labute approximate surface area is 87.8 Å². The molecule has 80 valence electrons. The van der Waals surface area contributed by atoms with Gasteiger partial charge in [-0.15, -0.1) is 0 Å². The summed E-state index contributed by atoms with van der Waals surface area (Å²) in [5.74, 6) is -0.994. The van der Waals surface area contributed by atoms with Crippen molar-refractivity contribution in [1.82, 2.24) is 5.32 Å². The van der Waals surface area contributed by atoms with Gasteiger partial charge in [0.15, 0.2) is 0 Å². The molecule has 0 spiro atoms. The summed E-state index contributed by atoms with van der Waals surface area (Å²) in [6.45, 7) is 1.77. The van der Waals surface area contributed by atoms with Gasteiger partial charge in [0.25, 0.3) is 0 Å². The normalized spacial score (nSPS) is 17.1. The molecule has 0 atom stereocenters. The second-order valence-electron chi connectivity index (χ2n) is 3.64. The molecule has 1 heterocycles. The molecule has 0 radical (unpaired) electrons. The van der Waals surface area contributed by atoms with Gasteiger partial charge >= 0.3 is 0 Å². The zero-order valence-electron chi connectivity index (χ0n) is 8.39. The Balaban J connectivity index is 2.31. The second kappa shape index (κ2) is 4.53. The first kappa shape index (κ1) is 10.3. The fraction of sp³-hybridized carbons (Fsp3) is 0.333. The lowest BCUT2D eigenvalue weighted by Crippen LogP contribution is -2.13. The zero-order chi connectivity index (χ0) is 10.7. The number of benzene rings is 1. The predicted octanol–water partition coefficient (Wildman–Crippen LogP) is 2.73. The third-order valence-electron chi connectivity index (χ3n) is 2.56. The first-order valence-electron chi connectivity index (χ1n) is 5.12. The lowest BCUT2D eigenvalue weighted by atomic mass is 10.0. The van der Waals surface area contributed by atoms with Gasteiger partial charge in [-0.25, -0.2) is 8.78 Å². The van der Waals surface area contributed by atoms with Crippen LogP contribution in [0.5, 0.6) is 0 Å². The third-order valence-corrected chi connectivity index (χ3v) is 2.56.